The molecule has 2 saturated carbocycles. The Bertz CT molecular complexity index is 683. The van der Waals surface area contributed by atoms with E-state index in [1.807, 2.05) is 6.07 Å². The first-order chi connectivity index (χ1) is 9.92. The van der Waals surface area contributed by atoms with E-state index in [9.17, 15) is 4.79 Å². The summed E-state index contributed by atoms with van der Waals surface area (Å²) < 4.78 is 8.32. The average molecular weight is 320 g/mol. The Morgan fingerprint density at radius 2 is 2.14 bits per heavy atom. The molecule has 3 unspecified atom stereocenters. The molecule has 2 aliphatic rings. The lowest BCUT2D eigenvalue weighted by Gasteiger charge is -2.38. The van der Waals surface area contributed by atoms with Crippen molar-refractivity contribution >= 4 is 38.0 Å². The van der Waals surface area contributed by atoms with Gasteiger partial charge in [-0.3, -0.25) is 0 Å². The summed E-state index contributed by atoms with van der Waals surface area (Å²) in [5.74, 6) is 0.574. The molecular formula is C17H20O2S2. The van der Waals surface area contributed by atoms with Gasteiger partial charge in [0, 0.05) is 14.8 Å². The molecule has 2 nitrogen and oxygen atoms in total. The maximum absolute atomic E-state index is 12.5. The average Bonchev–Trinajstić information content (AvgIpc) is 3.09. The van der Waals surface area contributed by atoms with Crippen LogP contribution in [0, 0.1) is 16.7 Å². The largest absolute Gasteiger partial charge is 0.458 e. The molecule has 112 valence electrons. The van der Waals surface area contributed by atoms with Gasteiger partial charge in [-0.25, -0.2) is 4.79 Å². The van der Waals surface area contributed by atoms with Crippen molar-refractivity contribution < 1.29 is 9.53 Å². The van der Waals surface area contributed by atoms with E-state index in [2.05, 4.69) is 32.2 Å². The van der Waals surface area contributed by atoms with Crippen LogP contribution in [0.15, 0.2) is 17.5 Å². The van der Waals surface area contributed by atoms with Gasteiger partial charge in [0.25, 0.3) is 0 Å². The van der Waals surface area contributed by atoms with Crippen LogP contribution >= 0.6 is 22.7 Å². The van der Waals surface area contributed by atoms with E-state index in [4.69, 9.17) is 4.74 Å². The molecule has 4 heteroatoms. The molecule has 2 aliphatic carbocycles. The zero-order valence-electron chi connectivity index (χ0n) is 12.6. The SMILES string of the molecule is CC1(C)C2CCC1(C)C(OC(=O)c1cc3sccc3s1)C2. The molecule has 2 fully saturated rings. The summed E-state index contributed by atoms with van der Waals surface area (Å²) in [5, 5.41) is 2.07. The molecular weight excluding hydrogens is 300 g/mol. The highest BCUT2D eigenvalue weighted by atomic mass is 32.1. The molecule has 21 heavy (non-hydrogen) atoms. The molecule has 0 amide bonds. The Hall–Kier alpha value is -0.870. The summed E-state index contributed by atoms with van der Waals surface area (Å²) >= 11 is 3.23. The maximum Gasteiger partial charge on any atom is 0.348 e. The predicted molar refractivity (Wildman–Crippen MR) is 88.1 cm³/mol. The number of thiophene rings is 2. The van der Waals surface area contributed by atoms with Crippen molar-refractivity contribution in [1.29, 1.82) is 0 Å². The third kappa shape index (κ3) is 1.78. The van der Waals surface area contributed by atoms with Gasteiger partial charge in [-0.2, -0.15) is 0 Å². The predicted octanol–water partition coefficient (Wildman–Crippen LogP) is 5.33. The lowest BCUT2D eigenvalue weighted by atomic mass is 9.70. The Morgan fingerprint density at radius 1 is 1.33 bits per heavy atom. The lowest BCUT2D eigenvalue weighted by Crippen LogP contribution is -2.38. The zero-order chi connectivity index (χ0) is 14.8. The van der Waals surface area contributed by atoms with Crippen LogP contribution in [0.25, 0.3) is 9.40 Å². The summed E-state index contributed by atoms with van der Waals surface area (Å²) in [7, 11) is 0. The topological polar surface area (TPSA) is 26.3 Å². The summed E-state index contributed by atoms with van der Waals surface area (Å²) in [6.07, 6.45) is 3.59. The van der Waals surface area contributed by atoms with Crippen molar-refractivity contribution in [3.8, 4) is 0 Å². The molecule has 2 aromatic heterocycles. The zero-order valence-corrected chi connectivity index (χ0v) is 14.3. The van der Waals surface area contributed by atoms with Crippen molar-refractivity contribution in [2.45, 2.75) is 46.1 Å². The molecule has 4 rings (SSSR count). The van der Waals surface area contributed by atoms with Crippen LogP contribution in [-0.4, -0.2) is 12.1 Å². The minimum absolute atomic E-state index is 0.0823. The number of carbonyl (C=O) groups excluding carboxylic acids is 1. The first-order valence-corrected chi connectivity index (χ1v) is 9.29. The highest BCUT2D eigenvalue weighted by Gasteiger charge is 2.62. The smallest absolute Gasteiger partial charge is 0.348 e. The molecule has 0 radical (unpaired) electrons. The van der Waals surface area contributed by atoms with Crippen LogP contribution in [-0.2, 0) is 4.74 Å². The van der Waals surface area contributed by atoms with Gasteiger partial charge in [0.15, 0.2) is 0 Å². The molecule has 0 saturated heterocycles. The number of rotatable bonds is 2. The third-order valence-corrected chi connectivity index (χ3v) is 8.38. The first kappa shape index (κ1) is 13.8. The molecule has 0 aromatic carbocycles. The Kier molecular flexibility index (Phi) is 2.84. The molecule has 3 atom stereocenters. The minimum atomic E-state index is -0.127. The third-order valence-electron chi connectivity index (χ3n) is 6.30. The number of esters is 1. The number of fused-ring (bicyclic) bond motifs is 3. The fraction of sp³-hybridized carbons (Fsp3) is 0.588. The molecule has 0 aliphatic heterocycles. The summed E-state index contributed by atoms with van der Waals surface area (Å²) in [5.41, 5.74) is 0.426. The standard InChI is InChI=1S/C17H20O2S2/c1-16(2)10-4-6-17(16,3)14(8-10)19-15(18)13-9-12-11(21-13)5-7-20-12/h5,7,9-10,14H,4,6,8H2,1-3H3. The van der Waals surface area contributed by atoms with Gasteiger partial charge >= 0.3 is 5.97 Å². The van der Waals surface area contributed by atoms with Crippen molar-refractivity contribution in [1.82, 2.24) is 0 Å². The quantitative estimate of drug-likeness (QED) is 0.699. The Morgan fingerprint density at radius 3 is 2.76 bits per heavy atom. The van der Waals surface area contributed by atoms with Crippen LogP contribution in [0.2, 0.25) is 0 Å². The number of hydrogen-bond acceptors (Lipinski definition) is 4. The maximum atomic E-state index is 12.5. The van der Waals surface area contributed by atoms with Gasteiger partial charge in [-0.05, 0) is 48.1 Å². The van der Waals surface area contributed by atoms with E-state index in [0.717, 1.165) is 11.3 Å². The summed E-state index contributed by atoms with van der Waals surface area (Å²) in [6, 6.07) is 4.05. The molecule has 2 aromatic rings. The lowest BCUT2D eigenvalue weighted by molar-refractivity contribution is -0.0238. The van der Waals surface area contributed by atoms with Crippen molar-refractivity contribution in [3.63, 3.8) is 0 Å². The first-order valence-electron chi connectivity index (χ1n) is 7.60. The van der Waals surface area contributed by atoms with E-state index < -0.39 is 0 Å². The molecule has 0 N–H and O–H groups in total. The second-order valence-electron chi connectivity index (χ2n) is 7.26. The summed E-state index contributed by atoms with van der Waals surface area (Å²) in [6.45, 7) is 7.00. The van der Waals surface area contributed by atoms with E-state index in [1.54, 1.807) is 22.7 Å². The van der Waals surface area contributed by atoms with Crippen LogP contribution in [0.5, 0.6) is 0 Å². The van der Waals surface area contributed by atoms with E-state index in [0.29, 0.717) is 5.92 Å². The molecule has 2 bridgehead atoms. The van der Waals surface area contributed by atoms with E-state index >= 15 is 0 Å². The monoisotopic (exact) mass is 320 g/mol. The van der Waals surface area contributed by atoms with E-state index in [1.165, 1.54) is 22.2 Å². The van der Waals surface area contributed by atoms with Crippen LogP contribution in [0.3, 0.4) is 0 Å². The molecule has 2 heterocycles. The van der Waals surface area contributed by atoms with Crippen molar-refractivity contribution in [2.75, 3.05) is 0 Å². The Labute approximate surface area is 133 Å². The Balaban J connectivity index is 1.57. The normalized spacial score (nSPS) is 33.7. The summed E-state index contributed by atoms with van der Waals surface area (Å²) in [4.78, 5) is 13.2. The molecule has 0 spiro atoms. The second kappa shape index (κ2) is 4.32. The fourth-order valence-corrected chi connectivity index (χ4v) is 6.35. The van der Waals surface area contributed by atoms with Gasteiger partial charge in [0.1, 0.15) is 11.0 Å². The highest BCUT2D eigenvalue weighted by Crippen LogP contribution is 2.66. The van der Waals surface area contributed by atoms with Gasteiger partial charge in [0.05, 0.1) is 0 Å². The van der Waals surface area contributed by atoms with Crippen LogP contribution in [0.1, 0.15) is 49.7 Å². The van der Waals surface area contributed by atoms with Crippen molar-refractivity contribution in [3.05, 3.63) is 22.4 Å². The fourth-order valence-electron chi connectivity index (χ4n) is 4.36. The van der Waals surface area contributed by atoms with Crippen molar-refractivity contribution in [2.24, 2.45) is 16.7 Å². The minimum Gasteiger partial charge on any atom is -0.458 e. The number of ether oxygens (including phenoxy) is 1. The second-order valence-corrected chi connectivity index (χ2v) is 9.30. The van der Waals surface area contributed by atoms with Gasteiger partial charge in [-0.15, -0.1) is 22.7 Å². The number of carbonyl (C=O) groups is 1. The number of hydrogen-bond donors (Lipinski definition) is 0. The highest BCUT2D eigenvalue weighted by molar-refractivity contribution is 7.27. The van der Waals surface area contributed by atoms with Crippen LogP contribution in [0.4, 0.5) is 0 Å². The van der Waals surface area contributed by atoms with Gasteiger partial charge < -0.3 is 4.74 Å². The van der Waals surface area contributed by atoms with Gasteiger partial charge in [0.2, 0.25) is 0 Å². The van der Waals surface area contributed by atoms with Gasteiger partial charge in [-0.1, -0.05) is 20.8 Å². The van der Waals surface area contributed by atoms with E-state index in [-0.39, 0.29) is 22.9 Å². The van der Waals surface area contributed by atoms with Crippen LogP contribution < -0.4 is 0 Å².